The molecular weight excluding hydrogens is 384 g/mol. The number of amides is 1. The first kappa shape index (κ1) is 21.4. The summed E-state index contributed by atoms with van der Waals surface area (Å²) in [7, 11) is 3.15. The van der Waals surface area contributed by atoms with E-state index in [0.29, 0.717) is 36.3 Å². The maximum Gasteiger partial charge on any atom is 0.342 e. The zero-order valence-electron chi connectivity index (χ0n) is 17.7. The molecule has 7 nitrogen and oxygen atoms in total. The predicted octanol–water partition coefficient (Wildman–Crippen LogP) is 3.99. The maximum absolute atomic E-state index is 12.2. The van der Waals surface area contributed by atoms with Crippen molar-refractivity contribution in [2.75, 3.05) is 19.5 Å². The van der Waals surface area contributed by atoms with Crippen LogP contribution in [0.2, 0.25) is 0 Å². The van der Waals surface area contributed by atoms with Crippen LogP contribution in [0.4, 0.5) is 5.69 Å². The molecule has 0 saturated heterocycles. The van der Waals surface area contributed by atoms with E-state index < -0.39 is 0 Å². The van der Waals surface area contributed by atoms with E-state index in [1.54, 1.807) is 38.7 Å². The van der Waals surface area contributed by atoms with Gasteiger partial charge < -0.3 is 19.5 Å². The molecule has 158 valence electrons. The van der Waals surface area contributed by atoms with Crippen LogP contribution >= 0.6 is 0 Å². The Morgan fingerprint density at radius 1 is 1.20 bits per heavy atom. The number of allylic oxidation sites excluding steroid dienone is 2. The smallest absolute Gasteiger partial charge is 0.342 e. The Hall–Kier alpha value is -3.35. The topological polar surface area (TPSA) is 86.8 Å². The molecule has 1 aliphatic rings. The first-order chi connectivity index (χ1) is 14.5. The molecule has 30 heavy (non-hydrogen) atoms. The van der Waals surface area contributed by atoms with Gasteiger partial charge in [0.25, 0.3) is 0 Å². The van der Waals surface area contributed by atoms with Gasteiger partial charge in [0.15, 0.2) is 0 Å². The van der Waals surface area contributed by atoms with Crippen molar-refractivity contribution in [3.8, 4) is 11.5 Å². The van der Waals surface area contributed by atoms with Gasteiger partial charge in [0, 0.05) is 35.6 Å². The Morgan fingerprint density at radius 3 is 2.57 bits per heavy atom. The first-order valence-corrected chi connectivity index (χ1v) is 9.75. The fraction of sp³-hybridized carbons (Fsp3) is 0.348. The fourth-order valence-corrected chi connectivity index (χ4v) is 3.58. The van der Waals surface area contributed by atoms with Gasteiger partial charge in [-0.05, 0) is 44.4 Å². The van der Waals surface area contributed by atoms with E-state index in [0.717, 1.165) is 28.0 Å². The molecule has 3 rings (SSSR count). The second-order valence-corrected chi connectivity index (χ2v) is 7.14. The number of cyclic esters (lactones) is 1. The lowest BCUT2D eigenvalue weighted by molar-refractivity contribution is -0.116. The van der Waals surface area contributed by atoms with Crippen molar-refractivity contribution in [2.45, 2.75) is 39.7 Å². The van der Waals surface area contributed by atoms with Crippen LogP contribution in [0.1, 0.15) is 46.8 Å². The highest BCUT2D eigenvalue weighted by molar-refractivity contribution is 5.98. The van der Waals surface area contributed by atoms with E-state index in [9.17, 15) is 9.59 Å². The van der Waals surface area contributed by atoms with Gasteiger partial charge in [-0.3, -0.25) is 9.78 Å². The van der Waals surface area contributed by atoms with Crippen molar-refractivity contribution in [3.05, 3.63) is 58.4 Å². The number of aromatic nitrogens is 1. The van der Waals surface area contributed by atoms with Crippen LogP contribution in [0.5, 0.6) is 11.5 Å². The summed E-state index contributed by atoms with van der Waals surface area (Å²) >= 11 is 0. The van der Waals surface area contributed by atoms with Gasteiger partial charge in [-0.2, -0.15) is 0 Å². The van der Waals surface area contributed by atoms with Crippen LogP contribution in [0, 0.1) is 6.92 Å². The second-order valence-electron chi connectivity index (χ2n) is 7.14. The number of esters is 1. The zero-order valence-corrected chi connectivity index (χ0v) is 17.7. The van der Waals surface area contributed by atoms with Crippen LogP contribution in [0.25, 0.3) is 0 Å². The standard InChI is InChI=1S/C23H26N2O5/c1-14(6-8-19(26)25-16-9-11-24-12-10-16)5-7-17-21(28-3)15(2)18-13-30-23(27)20(18)22(17)29-4/h5,9-12H,6-8,13H2,1-4H3,(H,24,25,26). The number of nitrogens with zero attached hydrogens (tertiary/aromatic N) is 1. The van der Waals surface area contributed by atoms with Crippen LogP contribution in [-0.2, 0) is 22.6 Å². The number of hydrogen-bond donors (Lipinski definition) is 1. The number of methoxy groups -OCH3 is 2. The summed E-state index contributed by atoms with van der Waals surface area (Å²) in [5.41, 5.74) is 4.77. The first-order valence-electron chi connectivity index (χ1n) is 9.75. The molecule has 0 saturated carbocycles. The lowest BCUT2D eigenvalue weighted by atomic mass is 9.94. The van der Waals surface area contributed by atoms with Crippen LogP contribution in [0.3, 0.4) is 0 Å². The van der Waals surface area contributed by atoms with Crippen molar-refractivity contribution in [3.63, 3.8) is 0 Å². The molecule has 2 aromatic rings. The van der Waals surface area contributed by atoms with E-state index >= 15 is 0 Å². The molecular formula is C23H26N2O5. The van der Waals surface area contributed by atoms with Gasteiger partial charge in [0.1, 0.15) is 23.7 Å². The van der Waals surface area contributed by atoms with E-state index in [1.807, 2.05) is 19.9 Å². The lowest BCUT2D eigenvalue weighted by Gasteiger charge is -2.18. The van der Waals surface area contributed by atoms with Crippen LogP contribution in [0.15, 0.2) is 36.2 Å². The molecule has 0 unspecified atom stereocenters. The Labute approximate surface area is 176 Å². The van der Waals surface area contributed by atoms with Crippen molar-refractivity contribution in [1.82, 2.24) is 4.98 Å². The van der Waals surface area contributed by atoms with Gasteiger partial charge in [0.05, 0.1) is 14.2 Å². The number of ether oxygens (including phenoxy) is 3. The molecule has 1 amide bonds. The van der Waals surface area contributed by atoms with Crippen molar-refractivity contribution >= 4 is 17.6 Å². The summed E-state index contributed by atoms with van der Waals surface area (Å²) in [4.78, 5) is 28.3. The Morgan fingerprint density at radius 2 is 1.90 bits per heavy atom. The normalized spacial score (nSPS) is 12.9. The summed E-state index contributed by atoms with van der Waals surface area (Å²) in [6.07, 6.45) is 6.81. The predicted molar refractivity (Wildman–Crippen MR) is 113 cm³/mol. The van der Waals surface area contributed by atoms with Crippen molar-refractivity contribution < 1.29 is 23.8 Å². The molecule has 0 spiro atoms. The molecule has 1 aromatic heterocycles. The molecule has 0 radical (unpaired) electrons. The molecule has 0 aliphatic carbocycles. The number of pyridine rings is 1. The van der Waals surface area contributed by atoms with E-state index in [1.165, 1.54) is 0 Å². The molecule has 1 aromatic carbocycles. The largest absolute Gasteiger partial charge is 0.496 e. The average Bonchev–Trinajstić information content (AvgIpc) is 3.13. The maximum atomic E-state index is 12.2. The monoisotopic (exact) mass is 410 g/mol. The van der Waals surface area contributed by atoms with E-state index in [4.69, 9.17) is 14.2 Å². The fourth-order valence-electron chi connectivity index (χ4n) is 3.58. The molecule has 0 fully saturated rings. The Balaban J connectivity index is 1.73. The summed E-state index contributed by atoms with van der Waals surface area (Å²) in [5, 5.41) is 2.85. The van der Waals surface area contributed by atoms with Gasteiger partial charge in [-0.25, -0.2) is 4.79 Å². The summed E-state index contributed by atoms with van der Waals surface area (Å²) in [5.74, 6) is 0.764. The van der Waals surface area contributed by atoms with Gasteiger partial charge in [0.2, 0.25) is 5.91 Å². The number of hydrogen-bond acceptors (Lipinski definition) is 6. The molecule has 0 atom stereocenters. The lowest BCUT2D eigenvalue weighted by Crippen LogP contribution is -2.11. The zero-order chi connectivity index (χ0) is 21.7. The number of carbonyl (C=O) groups is 2. The highest BCUT2D eigenvalue weighted by Crippen LogP contribution is 2.42. The van der Waals surface area contributed by atoms with E-state index in [2.05, 4.69) is 10.3 Å². The van der Waals surface area contributed by atoms with Crippen LogP contribution in [-0.4, -0.2) is 31.1 Å². The number of carbonyl (C=O) groups excluding carboxylic acids is 2. The third-order valence-electron chi connectivity index (χ3n) is 5.20. The molecule has 0 bridgehead atoms. The van der Waals surface area contributed by atoms with Gasteiger partial charge in [-0.15, -0.1) is 0 Å². The third kappa shape index (κ3) is 4.45. The summed E-state index contributed by atoms with van der Waals surface area (Å²) in [6, 6.07) is 3.50. The average molecular weight is 410 g/mol. The van der Waals surface area contributed by atoms with Crippen molar-refractivity contribution in [2.24, 2.45) is 0 Å². The summed E-state index contributed by atoms with van der Waals surface area (Å²) < 4.78 is 16.4. The number of anilines is 1. The Bertz CT molecular complexity index is 983. The van der Waals surface area contributed by atoms with Gasteiger partial charge >= 0.3 is 5.97 Å². The third-order valence-corrected chi connectivity index (χ3v) is 5.20. The Kier molecular flexibility index (Phi) is 6.72. The molecule has 1 N–H and O–H groups in total. The SMILES string of the molecule is COc1c(C)c2c(c(OC)c1CC=C(C)CCC(=O)Nc1ccncc1)C(=O)OC2. The summed E-state index contributed by atoms with van der Waals surface area (Å²) in [6.45, 7) is 4.13. The minimum Gasteiger partial charge on any atom is -0.496 e. The molecule has 7 heteroatoms. The number of benzene rings is 1. The number of nitrogens with one attached hydrogen (secondary N) is 1. The van der Waals surface area contributed by atoms with Crippen molar-refractivity contribution in [1.29, 1.82) is 0 Å². The van der Waals surface area contributed by atoms with Crippen LogP contribution < -0.4 is 14.8 Å². The van der Waals surface area contributed by atoms with Gasteiger partial charge in [-0.1, -0.05) is 11.6 Å². The number of rotatable bonds is 8. The highest BCUT2D eigenvalue weighted by atomic mass is 16.5. The number of fused-ring (bicyclic) bond motifs is 1. The molecule has 1 aliphatic heterocycles. The minimum atomic E-state index is -0.373. The quantitative estimate of drug-likeness (QED) is 0.523. The van der Waals surface area contributed by atoms with E-state index in [-0.39, 0.29) is 18.5 Å². The second kappa shape index (κ2) is 9.43. The molecule has 2 heterocycles. The highest BCUT2D eigenvalue weighted by Gasteiger charge is 2.32. The minimum absolute atomic E-state index is 0.0553.